The van der Waals surface area contributed by atoms with E-state index in [1.54, 1.807) is 0 Å². The van der Waals surface area contributed by atoms with Crippen molar-refractivity contribution in [3.8, 4) is 67.3 Å². The average Bonchev–Trinajstić information content (AvgIpc) is 3.88. The Morgan fingerprint density at radius 3 is 1.66 bits per heavy atom. The second kappa shape index (κ2) is 14.5. The third-order valence-corrected chi connectivity index (χ3v) is 12.6. The quantitative estimate of drug-likeness (QED) is 0.161. The largest absolute Gasteiger partial charge is 0.456 e. The Morgan fingerprint density at radius 2 is 0.871 bits per heavy atom. The number of fused-ring (bicyclic) bond motifs is 6. The standard InChI is InChI=1S/C59H38N2O/c1-4-18-39(19-5-1)58-60-53(38-54(61-58)48-28-11-10-26-45(48)41-34-35-56-51(37-41)49-29-13-15-33-55(49)62-56)42-21-16-20-40(36-42)46-30-17-31-50-47-27-12-14-32-52(47)59(57(46)50,43-22-6-2-7-23-43)44-24-8-3-9-25-44/h1-38H. The molecule has 0 radical (unpaired) electrons. The first-order chi connectivity index (χ1) is 30.7. The second-order valence-corrected chi connectivity index (χ2v) is 16.0. The number of para-hydroxylation sites is 1. The zero-order valence-electron chi connectivity index (χ0n) is 33.7. The van der Waals surface area contributed by atoms with Crippen LogP contribution in [0.3, 0.4) is 0 Å². The van der Waals surface area contributed by atoms with Gasteiger partial charge in [-0.15, -0.1) is 0 Å². The van der Waals surface area contributed by atoms with Gasteiger partial charge in [0.05, 0.1) is 16.8 Å². The highest BCUT2D eigenvalue weighted by Crippen LogP contribution is 2.58. The number of rotatable bonds is 7. The van der Waals surface area contributed by atoms with Crippen LogP contribution in [0, 0.1) is 0 Å². The highest BCUT2D eigenvalue weighted by Gasteiger charge is 2.47. The number of benzene rings is 9. The van der Waals surface area contributed by atoms with Crippen molar-refractivity contribution in [1.29, 1.82) is 0 Å². The van der Waals surface area contributed by atoms with Crippen molar-refractivity contribution in [3.05, 3.63) is 253 Å². The van der Waals surface area contributed by atoms with E-state index in [0.29, 0.717) is 5.82 Å². The maximum absolute atomic E-state index is 6.21. The minimum Gasteiger partial charge on any atom is -0.456 e. The van der Waals surface area contributed by atoms with Crippen molar-refractivity contribution >= 4 is 21.9 Å². The van der Waals surface area contributed by atoms with Crippen LogP contribution in [0.4, 0.5) is 0 Å². The van der Waals surface area contributed by atoms with Gasteiger partial charge in [0, 0.05) is 27.5 Å². The van der Waals surface area contributed by atoms with Gasteiger partial charge < -0.3 is 4.42 Å². The van der Waals surface area contributed by atoms with E-state index in [4.69, 9.17) is 14.4 Å². The van der Waals surface area contributed by atoms with Crippen LogP contribution in [0.15, 0.2) is 235 Å². The molecule has 11 aromatic rings. The molecule has 1 aliphatic rings. The first-order valence-electron chi connectivity index (χ1n) is 21.1. The fourth-order valence-electron chi connectivity index (χ4n) is 9.89. The lowest BCUT2D eigenvalue weighted by Crippen LogP contribution is -2.29. The Kier molecular flexibility index (Phi) is 8.39. The summed E-state index contributed by atoms with van der Waals surface area (Å²) < 4.78 is 6.21. The van der Waals surface area contributed by atoms with E-state index in [-0.39, 0.29) is 0 Å². The van der Waals surface area contributed by atoms with Crippen molar-refractivity contribution < 1.29 is 4.42 Å². The zero-order valence-corrected chi connectivity index (χ0v) is 33.7. The average molecular weight is 791 g/mol. The maximum atomic E-state index is 6.21. The van der Waals surface area contributed by atoms with Gasteiger partial charge in [0.2, 0.25) is 0 Å². The van der Waals surface area contributed by atoms with Crippen molar-refractivity contribution in [3.63, 3.8) is 0 Å². The third-order valence-electron chi connectivity index (χ3n) is 12.6. The van der Waals surface area contributed by atoms with E-state index in [1.807, 2.05) is 30.3 Å². The van der Waals surface area contributed by atoms with Crippen molar-refractivity contribution in [2.24, 2.45) is 0 Å². The van der Waals surface area contributed by atoms with Gasteiger partial charge in [-0.05, 0) is 86.0 Å². The topological polar surface area (TPSA) is 38.9 Å². The monoisotopic (exact) mass is 790 g/mol. The van der Waals surface area contributed by atoms with E-state index in [0.717, 1.165) is 66.7 Å². The predicted octanol–water partition coefficient (Wildman–Crippen LogP) is 15.1. The number of aromatic nitrogens is 2. The minimum absolute atomic E-state index is 0.529. The fourth-order valence-corrected chi connectivity index (χ4v) is 9.89. The molecule has 0 atom stereocenters. The molecule has 0 saturated heterocycles. The molecular formula is C59H38N2O. The second-order valence-electron chi connectivity index (χ2n) is 16.0. The van der Waals surface area contributed by atoms with Crippen molar-refractivity contribution in [1.82, 2.24) is 9.97 Å². The molecule has 3 nitrogen and oxygen atoms in total. The lowest BCUT2D eigenvalue weighted by atomic mass is 9.66. The normalized spacial score (nSPS) is 12.6. The zero-order chi connectivity index (χ0) is 41.0. The molecule has 0 bridgehead atoms. The molecule has 2 heterocycles. The summed E-state index contributed by atoms with van der Waals surface area (Å²) in [6.07, 6.45) is 0. The molecule has 0 amide bonds. The Bertz CT molecular complexity index is 3420. The molecule has 0 aliphatic heterocycles. The first-order valence-corrected chi connectivity index (χ1v) is 21.1. The molecule has 2 aromatic heterocycles. The summed E-state index contributed by atoms with van der Waals surface area (Å²) in [5.41, 5.74) is 18.1. The smallest absolute Gasteiger partial charge is 0.160 e. The Morgan fingerprint density at radius 1 is 0.323 bits per heavy atom. The summed E-state index contributed by atoms with van der Waals surface area (Å²) in [5.74, 6) is 0.679. The Hall–Kier alpha value is -8.14. The van der Waals surface area contributed by atoms with Crippen LogP contribution in [0.2, 0.25) is 0 Å². The van der Waals surface area contributed by atoms with Gasteiger partial charge in [0.25, 0.3) is 0 Å². The van der Waals surface area contributed by atoms with Gasteiger partial charge in [0.15, 0.2) is 5.82 Å². The molecule has 0 unspecified atom stereocenters. The van der Waals surface area contributed by atoms with Crippen molar-refractivity contribution in [2.45, 2.75) is 5.41 Å². The molecule has 1 aliphatic carbocycles. The Labute approximate surface area is 360 Å². The SMILES string of the molecule is c1ccc(-c2nc(-c3cccc(-c4cccc5c4C(c4ccccc4)(c4ccccc4)c4ccccc4-5)c3)cc(-c3ccccc3-c3ccc4oc5ccccc5c4c3)n2)cc1. The summed E-state index contributed by atoms with van der Waals surface area (Å²) in [6, 6.07) is 82.3. The van der Waals surface area contributed by atoms with Crippen LogP contribution in [-0.2, 0) is 5.41 Å². The predicted molar refractivity (Wildman–Crippen MR) is 254 cm³/mol. The molecule has 3 heteroatoms. The molecule has 290 valence electrons. The third kappa shape index (κ3) is 5.67. The molecule has 12 rings (SSSR count). The van der Waals surface area contributed by atoms with E-state index in [9.17, 15) is 0 Å². The number of hydrogen-bond donors (Lipinski definition) is 0. The molecule has 0 N–H and O–H groups in total. The van der Waals surface area contributed by atoms with Gasteiger partial charge in [-0.2, -0.15) is 0 Å². The Balaban J connectivity index is 1.05. The summed E-state index contributed by atoms with van der Waals surface area (Å²) in [5, 5.41) is 2.20. The molecule has 0 spiro atoms. The van der Waals surface area contributed by atoms with Crippen LogP contribution < -0.4 is 0 Å². The molecule has 62 heavy (non-hydrogen) atoms. The number of furan rings is 1. The van der Waals surface area contributed by atoms with Crippen molar-refractivity contribution in [2.75, 3.05) is 0 Å². The van der Waals surface area contributed by atoms with Gasteiger partial charge in [-0.3, -0.25) is 0 Å². The molecule has 9 aromatic carbocycles. The maximum Gasteiger partial charge on any atom is 0.160 e. The van der Waals surface area contributed by atoms with E-state index in [2.05, 4.69) is 200 Å². The summed E-state index contributed by atoms with van der Waals surface area (Å²) in [4.78, 5) is 10.6. The highest BCUT2D eigenvalue weighted by molar-refractivity contribution is 6.06. The summed E-state index contributed by atoms with van der Waals surface area (Å²) >= 11 is 0. The molecular weight excluding hydrogens is 753 g/mol. The van der Waals surface area contributed by atoms with Gasteiger partial charge >= 0.3 is 0 Å². The number of hydrogen-bond acceptors (Lipinski definition) is 3. The first kappa shape index (κ1) is 35.8. The van der Waals surface area contributed by atoms with E-state index >= 15 is 0 Å². The fraction of sp³-hybridized carbons (Fsp3) is 0.0169. The van der Waals surface area contributed by atoms with E-state index < -0.39 is 5.41 Å². The number of nitrogens with zero attached hydrogens (tertiary/aromatic N) is 2. The lowest BCUT2D eigenvalue weighted by Gasteiger charge is -2.35. The van der Waals surface area contributed by atoms with E-state index in [1.165, 1.54) is 38.9 Å². The molecule has 0 saturated carbocycles. The summed E-state index contributed by atoms with van der Waals surface area (Å²) in [6.45, 7) is 0. The molecule has 0 fully saturated rings. The van der Waals surface area contributed by atoms with Crippen LogP contribution in [-0.4, -0.2) is 9.97 Å². The van der Waals surface area contributed by atoms with Crippen LogP contribution >= 0.6 is 0 Å². The lowest BCUT2D eigenvalue weighted by molar-refractivity contribution is 0.669. The van der Waals surface area contributed by atoms with Crippen LogP contribution in [0.1, 0.15) is 22.3 Å². The van der Waals surface area contributed by atoms with Gasteiger partial charge in [-0.1, -0.05) is 200 Å². The highest BCUT2D eigenvalue weighted by atomic mass is 16.3. The van der Waals surface area contributed by atoms with Crippen LogP contribution in [0.5, 0.6) is 0 Å². The minimum atomic E-state index is -0.529. The van der Waals surface area contributed by atoms with Gasteiger partial charge in [-0.25, -0.2) is 9.97 Å². The van der Waals surface area contributed by atoms with Crippen LogP contribution in [0.25, 0.3) is 89.2 Å². The van der Waals surface area contributed by atoms with Gasteiger partial charge in [0.1, 0.15) is 11.2 Å². The summed E-state index contributed by atoms with van der Waals surface area (Å²) in [7, 11) is 0.